The lowest BCUT2D eigenvalue weighted by Crippen LogP contribution is -2.25. The SMILES string of the molecule is Cc1nn(Cc2ccccc2Cl)c(Cl)c1C(=O)NCCCn1ccnc1. The molecule has 0 bridgehead atoms. The highest BCUT2D eigenvalue weighted by Crippen LogP contribution is 2.23. The van der Waals surface area contributed by atoms with Gasteiger partial charge in [-0.05, 0) is 25.0 Å². The van der Waals surface area contributed by atoms with E-state index in [1.807, 2.05) is 35.0 Å². The van der Waals surface area contributed by atoms with Crippen molar-refractivity contribution in [2.75, 3.05) is 6.54 Å². The van der Waals surface area contributed by atoms with Crippen LogP contribution in [0.3, 0.4) is 0 Å². The third-order valence-electron chi connectivity index (χ3n) is 4.01. The standard InChI is InChI=1S/C18H19Cl2N5O/c1-13-16(18(26)22-7-4-9-24-10-8-21-12-24)17(20)25(23-13)11-14-5-2-3-6-15(14)19/h2-3,5-6,8,10,12H,4,7,9,11H2,1H3,(H,22,26). The summed E-state index contributed by atoms with van der Waals surface area (Å²) in [5.41, 5.74) is 1.89. The first-order valence-electron chi connectivity index (χ1n) is 8.26. The third-order valence-corrected chi connectivity index (χ3v) is 4.76. The van der Waals surface area contributed by atoms with Crippen LogP contribution < -0.4 is 5.32 Å². The fourth-order valence-corrected chi connectivity index (χ4v) is 3.19. The van der Waals surface area contributed by atoms with Gasteiger partial charge in [0.05, 0.1) is 24.1 Å². The Kier molecular flexibility index (Phi) is 5.96. The Labute approximate surface area is 161 Å². The number of amides is 1. The Bertz CT molecular complexity index is 889. The van der Waals surface area contributed by atoms with Gasteiger partial charge in [-0.2, -0.15) is 5.10 Å². The number of benzene rings is 1. The molecule has 3 aromatic rings. The second kappa shape index (κ2) is 8.38. The van der Waals surface area contributed by atoms with Crippen molar-refractivity contribution in [3.63, 3.8) is 0 Å². The van der Waals surface area contributed by atoms with Gasteiger partial charge in [-0.25, -0.2) is 9.67 Å². The summed E-state index contributed by atoms with van der Waals surface area (Å²) >= 11 is 12.6. The lowest BCUT2D eigenvalue weighted by molar-refractivity contribution is 0.0952. The molecule has 0 fully saturated rings. The predicted octanol–water partition coefficient (Wildman–Crippen LogP) is 3.56. The average molecular weight is 392 g/mol. The molecule has 6 nitrogen and oxygen atoms in total. The summed E-state index contributed by atoms with van der Waals surface area (Å²) in [6, 6.07) is 7.49. The number of hydrogen-bond donors (Lipinski definition) is 1. The summed E-state index contributed by atoms with van der Waals surface area (Å²) < 4.78 is 3.56. The molecule has 136 valence electrons. The van der Waals surface area contributed by atoms with Gasteiger partial charge in [0.15, 0.2) is 0 Å². The summed E-state index contributed by atoms with van der Waals surface area (Å²) in [7, 11) is 0. The van der Waals surface area contributed by atoms with E-state index in [4.69, 9.17) is 23.2 Å². The van der Waals surface area contributed by atoms with Crippen LogP contribution in [0, 0.1) is 6.92 Å². The highest BCUT2D eigenvalue weighted by atomic mass is 35.5. The summed E-state index contributed by atoms with van der Waals surface area (Å²) in [6.07, 6.45) is 6.17. The Balaban J connectivity index is 1.63. The van der Waals surface area contributed by atoms with Gasteiger partial charge in [-0.1, -0.05) is 41.4 Å². The van der Waals surface area contributed by atoms with E-state index in [2.05, 4.69) is 15.4 Å². The number of aromatic nitrogens is 4. The lowest BCUT2D eigenvalue weighted by atomic mass is 10.2. The van der Waals surface area contributed by atoms with Crippen LogP contribution in [-0.2, 0) is 13.1 Å². The smallest absolute Gasteiger partial charge is 0.256 e. The fraction of sp³-hybridized carbons (Fsp3) is 0.278. The average Bonchev–Trinajstić information content (AvgIpc) is 3.22. The maximum Gasteiger partial charge on any atom is 0.256 e. The van der Waals surface area contributed by atoms with Gasteiger partial charge in [0.2, 0.25) is 0 Å². The molecular formula is C18H19Cl2N5O. The predicted molar refractivity (Wildman–Crippen MR) is 102 cm³/mol. The monoisotopic (exact) mass is 391 g/mol. The van der Waals surface area contributed by atoms with Gasteiger partial charge in [0, 0.05) is 30.5 Å². The minimum atomic E-state index is -0.219. The normalized spacial score (nSPS) is 10.9. The van der Waals surface area contributed by atoms with Crippen LogP contribution in [0.5, 0.6) is 0 Å². The van der Waals surface area contributed by atoms with Crippen molar-refractivity contribution >= 4 is 29.1 Å². The maximum absolute atomic E-state index is 12.5. The van der Waals surface area contributed by atoms with Crippen LogP contribution in [0.1, 0.15) is 28.0 Å². The fourth-order valence-electron chi connectivity index (χ4n) is 2.67. The second-order valence-corrected chi connectivity index (χ2v) is 6.68. The number of carbonyl (C=O) groups is 1. The quantitative estimate of drug-likeness (QED) is 0.626. The van der Waals surface area contributed by atoms with E-state index in [0.29, 0.717) is 34.5 Å². The van der Waals surface area contributed by atoms with Crippen LogP contribution in [0.15, 0.2) is 43.0 Å². The molecule has 1 N–H and O–H groups in total. The van der Waals surface area contributed by atoms with Gasteiger partial charge in [0.25, 0.3) is 5.91 Å². The van der Waals surface area contributed by atoms with E-state index in [-0.39, 0.29) is 5.91 Å². The number of nitrogens with one attached hydrogen (secondary N) is 1. The van der Waals surface area contributed by atoms with E-state index in [0.717, 1.165) is 18.5 Å². The molecule has 0 atom stereocenters. The number of aryl methyl sites for hydroxylation is 2. The molecule has 3 rings (SSSR count). The van der Waals surface area contributed by atoms with Crippen molar-refractivity contribution in [3.05, 3.63) is 70.0 Å². The zero-order chi connectivity index (χ0) is 18.5. The Hall–Kier alpha value is -2.31. The minimum absolute atomic E-state index is 0.219. The highest BCUT2D eigenvalue weighted by Gasteiger charge is 2.20. The first-order chi connectivity index (χ1) is 12.6. The molecule has 0 unspecified atom stereocenters. The van der Waals surface area contributed by atoms with Crippen molar-refractivity contribution < 1.29 is 4.79 Å². The summed E-state index contributed by atoms with van der Waals surface area (Å²) in [5, 5.41) is 8.24. The molecule has 2 aromatic heterocycles. The van der Waals surface area contributed by atoms with Crippen LogP contribution >= 0.6 is 23.2 Å². The topological polar surface area (TPSA) is 64.7 Å². The van der Waals surface area contributed by atoms with E-state index < -0.39 is 0 Å². The maximum atomic E-state index is 12.5. The minimum Gasteiger partial charge on any atom is -0.352 e. The number of nitrogens with zero attached hydrogens (tertiary/aromatic N) is 4. The van der Waals surface area contributed by atoms with Crippen molar-refractivity contribution in [2.45, 2.75) is 26.4 Å². The van der Waals surface area contributed by atoms with Crippen molar-refractivity contribution in [2.24, 2.45) is 0 Å². The Morgan fingerprint density at radius 3 is 2.81 bits per heavy atom. The Morgan fingerprint density at radius 2 is 2.08 bits per heavy atom. The molecule has 1 amide bonds. The molecule has 0 saturated heterocycles. The van der Waals surface area contributed by atoms with E-state index >= 15 is 0 Å². The van der Waals surface area contributed by atoms with Crippen molar-refractivity contribution in [1.82, 2.24) is 24.6 Å². The zero-order valence-corrected chi connectivity index (χ0v) is 15.8. The molecule has 2 heterocycles. The van der Waals surface area contributed by atoms with Gasteiger partial charge in [0.1, 0.15) is 5.15 Å². The van der Waals surface area contributed by atoms with Gasteiger partial charge in [-0.3, -0.25) is 4.79 Å². The molecule has 0 aliphatic carbocycles. The van der Waals surface area contributed by atoms with E-state index in [1.54, 1.807) is 24.1 Å². The lowest BCUT2D eigenvalue weighted by Gasteiger charge is -2.07. The molecule has 0 aliphatic rings. The number of imidazole rings is 1. The number of carbonyl (C=O) groups excluding carboxylic acids is 1. The van der Waals surface area contributed by atoms with Crippen molar-refractivity contribution in [1.29, 1.82) is 0 Å². The first-order valence-corrected chi connectivity index (χ1v) is 9.02. The van der Waals surface area contributed by atoms with Crippen LogP contribution in [0.25, 0.3) is 0 Å². The third kappa shape index (κ3) is 4.26. The molecule has 0 saturated carbocycles. The molecule has 0 radical (unpaired) electrons. The van der Waals surface area contributed by atoms with Crippen molar-refractivity contribution in [3.8, 4) is 0 Å². The molecule has 26 heavy (non-hydrogen) atoms. The van der Waals surface area contributed by atoms with E-state index in [9.17, 15) is 4.79 Å². The molecule has 0 aliphatic heterocycles. The largest absolute Gasteiger partial charge is 0.352 e. The van der Waals surface area contributed by atoms with Crippen LogP contribution in [-0.4, -0.2) is 31.8 Å². The number of halogens is 2. The van der Waals surface area contributed by atoms with Gasteiger partial charge < -0.3 is 9.88 Å². The van der Waals surface area contributed by atoms with Gasteiger partial charge >= 0.3 is 0 Å². The first kappa shape index (κ1) is 18.5. The molecular weight excluding hydrogens is 373 g/mol. The van der Waals surface area contributed by atoms with E-state index in [1.165, 1.54) is 0 Å². The molecule has 8 heteroatoms. The highest BCUT2D eigenvalue weighted by molar-refractivity contribution is 6.33. The molecule has 0 spiro atoms. The second-order valence-electron chi connectivity index (χ2n) is 5.91. The molecule has 1 aromatic carbocycles. The zero-order valence-electron chi connectivity index (χ0n) is 14.3. The number of rotatable bonds is 7. The van der Waals surface area contributed by atoms with Crippen LogP contribution in [0.2, 0.25) is 10.2 Å². The Morgan fingerprint density at radius 1 is 1.27 bits per heavy atom. The number of hydrogen-bond acceptors (Lipinski definition) is 3. The summed E-state index contributed by atoms with van der Waals surface area (Å²) in [6.45, 7) is 3.52. The summed E-state index contributed by atoms with van der Waals surface area (Å²) in [4.78, 5) is 16.5. The van der Waals surface area contributed by atoms with Gasteiger partial charge in [-0.15, -0.1) is 0 Å². The summed E-state index contributed by atoms with van der Waals surface area (Å²) in [5.74, 6) is -0.219. The van der Waals surface area contributed by atoms with Crippen LogP contribution in [0.4, 0.5) is 0 Å².